The van der Waals surface area contributed by atoms with Crippen molar-refractivity contribution in [2.24, 2.45) is 11.5 Å². The van der Waals surface area contributed by atoms with E-state index in [1.165, 1.54) is 0 Å². The minimum Gasteiger partial charge on any atom is -0.334 e. The molecule has 0 spiro atoms. The first-order valence-electron chi connectivity index (χ1n) is 5.50. The van der Waals surface area contributed by atoms with Crippen LogP contribution in [0.3, 0.4) is 0 Å². The summed E-state index contributed by atoms with van der Waals surface area (Å²) >= 11 is 4.81. The summed E-state index contributed by atoms with van der Waals surface area (Å²) in [6, 6.07) is -0.600. The van der Waals surface area contributed by atoms with Crippen LogP contribution in [0, 0.1) is 4.77 Å². The molecule has 0 saturated heterocycles. The van der Waals surface area contributed by atoms with Gasteiger partial charge in [-0.2, -0.15) is 4.68 Å². The van der Waals surface area contributed by atoms with Crippen molar-refractivity contribution in [1.29, 1.82) is 0 Å². The molecule has 0 aromatic carbocycles. The lowest BCUT2D eigenvalue weighted by Gasteiger charge is -2.12. The summed E-state index contributed by atoms with van der Waals surface area (Å²) in [5.41, 5.74) is 16.0. The molecular formula is C8H18N8OS. The zero-order chi connectivity index (χ0) is 13.5. The van der Waals surface area contributed by atoms with E-state index < -0.39 is 6.04 Å². The maximum absolute atomic E-state index is 11.6. The van der Waals surface area contributed by atoms with Crippen LogP contribution in [0.15, 0.2) is 0 Å². The number of hydrogen-bond acceptors (Lipinski definition) is 7. The number of hydrogen-bond donors (Lipinski definition) is 6. The van der Waals surface area contributed by atoms with Crippen LogP contribution < -0.4 is 28.2 Å². The van der Waals surface area contributed by atoms with Crippen molar-refractivity contribution in [1.82, 2.24) is 20.3 Å². The Labute approximate surface area is 109 Å². The van der Waals surface area contributed by atoms with Crippen molar-refractivity contribution in [3.8, 4) is 0 Å². The third-order valence-electron chi connectivity index (χ3n) is 2.31. The van der Waals surface area contributed by atoms with Gasteiger partial charge in [-0.15, -0.1) is 5.10 Å². The first kappa shape index (κ1) is 14.4. The molecule has 1 aromatic heterocycles. The first-order chi connectivity index (χ1) is 8.56. The summed E-state index contributed by atoms with van der Waals surface area (Å²) in [4.78, 5) is 11.6. The number of anilines is 1. The summed E-state index contributed by atoms with van der Waals surface area (Å²) < 4.78 is 1.33. The number of nitrogens with one attached hydrogen (secondary N) is 3. The Kier molecular flexibility index (Phi) is 5.55. The van der Waals surface area contributed by atoms with E-state index in [1.54, 1.807) is 0 Å². The Hall–Kier alpha value is -1.65. The molecule has 9 nitrogen and oxygen atoms in total. The van der Waals surface area contributed by atoms with Gasteiger partial charge in [0.25, 0.3) is 11.9 Å². The summed E-state index contributed by atoms with van der Waals surface area (Å²) in [5.74, 6) is 5.37. The van der Waals surface area contributed by atoms with E-state index in [2.05, 4.69) is 21.0 Å². The summed E-state index contributed by atoms with van der Waals surface area (Å²) in [5, 5.41) is 6.22. The number of unbranched alkanes of at least 4 members (excludes halogenated alkanes) is 1. The number of nitrogen functional groups attached to an aromatic ring is 1. The average molecular weight is 274 g/mol. The summed E-state index contributed by atoms with van der Waals surface area (Å²) in [6.45, 7) is 0.592. The molecule has 0 fully saturated rings. The molecule has 1 rings (SSSR count). The number of carbonyl (C=O) groups excluding carboxylic acids is 1. The molecule has 1 amide bonds. The van der Waals surface area contributed by atoms with Gasteiger partial charge in [-0.05, 0) is 31.6 Å². The lowest BCUT2D eigenvalue weighted by atomic mass is 10.1. The van der Waals surface area contributed by atoms with E-state index in [0.717, 1.165) is 17.5 Å². The maximum Gasteiger partial charge on any atom is 0.260 e. The van der Waals surface area contributed by atoms with Crippen molar-refractivity contribution in [3.63, 3.8) is 0 Å². The number of rotatable bonds is 7. The number of nitrogens with two attached hydrogens (primary N) is 3. The lowest BCUT2D eigenvalue weighted by molar-refractivity contribution is -0.122. The third kappa shape index (κ3) is 3.98. The largest absolute Gasteiger partial charge is 0.334 e. The van der Waals surface area contributed by atoms with E-state index in [-0.39, 0.29) is 16.6 Å². The minimum absolute atomic E-state index is 0.197. The second-order valence-corrected chi connectivity index (χ2v) is 4.11. The highest BCUT2D eigenvalue weighted by Crippen LogP contribution is 1.99. The fourth-order valence-corrected chi connectivity index (χ4v) is 1.37. The Morgan fingerprint density at radius 3 is 2.83 bits per heavy atom. The fourth-order valence-electron chi connectivity index (χ4n) is 1.24. The van der Waals surface area contributed by atoms with E-state index in [9.17, 15) is 4.79 Å². The number of amides is 1. The molecule has 1 aromatic rings. The number of aromatic nitrogens is 3. The van der Waals surface area contributed by atoms with Gasteiger partial charge in [-0.25, -0.2) is 5.10 Å². The number of H-pyrrole nitrogens is 1. The van der Waals surface area contributed by atoms with Crippen molar-refractivity contribution < 1.29 is 4.79 Å². The van der Waals surface area contributed by atoms with E-state index >= 15 is 0 Å². The topological polar surface area (TPSA) is 153 Å². The summed E-state index contributed by atoms with van der Waals surface area (Å²) in [6.07, 6.45) is 2.22. The minimum atomic E-state index is -0.600. The van der Waals surface area contributed by atoms with Crippen molar-refractivity contribution in [2.45, 2.75) is 25.3 Å². The second-order valence-electron chi connectivity index (χ2n) is 3.73. The molecule has 0 aliphatic carbocycles. The molecule has 0 aliphatic rings. The van der Waals surface area contributed by atoms with Crippen LogP contribution in [0.4, 0.5) is 5.95 Å². The highest BCUT2D eigenvalue weighted by Gasteiger charge is 2.13. The van der Waals surface area contributed by atoms with Gasteiger partial charge in [0.05, 0.1) is 6.04 Å². The molecule has 18 heavy (non-hydrogen) atoms. The maximum atomic E-state index is 11.6. The Morgan fingerprint density at radius 2 is 2.28 bits per heavy atom. The van der Waals surface area contributed by atoms with Crippen LogP contribution in [-0.4, -0.2) is 33.4 Å². The van der Waals surface area contributed by atoms with Gasteiger partial charge in [0.15, 0.2) is 0 Å². The van der Waals surface area contributed by atoms with Gasteiger partial charge in [0, 0.05) is 0 Å². The van der Waals surface area contributed by atoms with Crippen LogP contribution in [0.25, 0.3) is 0 Å². The lowest BCUT2D eigenvalue weighted by Crippen LogP contribution is -2.43. The zero-order valence-electron chi connectivity index (χ0n) is 9.85. The van der Waals surface area contributed by atoms with Crippen molar-refractivity contribution >= 4 is 24.1 Å². The standard InChI is InChI=1S/C8H18N8OS/c9-4-2-1-3-5(10)6(17)12-13-7-14-15-8(18)16(7)11/h5H,1-4,9-11H2,(H,12,17)(H,13,14)(H,15,18). The normalized spacial score (nSPS) is 12.1. The number of aromatic amines is 1. The van der Waals surface area contributed by atoms with Crippen LogP contribution in [0.2, 0.25) is 0 Å². The zero-order valence-corrected chi connectivity index (χ0v) is 10.7. The van der Waals surface area contributed by atoms with Gasteiger partial charge in [0.2, 0.25) is 4.77 Å². The van der Waals surface area contributed by atoms with Gasteiger partial charge < -0.3 is 17.3 Å². The van der Waals surface area contributed by atoms with E-state index in [1.807, 2.05) is 0 Å². The summed E-state index contributed by atoms with van der Waals surface area (Å²) in [7, 11) is 0. The first-order valence-corrected chi connectivity index (χ1v) is 5.91. The molecule has 0 saturated carbocycles. The SMILES string of the molecule is NCCCCC(N)C(=O)NNc1n[nH]c(=S)n1N. The molecule has 0 aliphatic heterocycles. The van der Waals surface area contributed by atoms with E-state index in [0.29, 0.717) is 13.0 Å². The molecule has 10 heteroatoms. The monoisotopic (exact) mass is 274 g/mol. The molecule has 1 unspecified atom stereocenters. The van der Waals surface area contributed by atoms with Gasteiger partial charge >= 0.3 is 0 Å². The highest BCUT2D eigenvalue weighted by molar-refractivity contribution is 7.71. The molecule has 0 bridgehead atoms. The van der Waals surface area contributed by atoms with Crippen LogP contribution in [0.1, 0.15) is 19.3 Å². The highest BCUT2D eigenvalue weighted by atomic mass is 32.1. The third-order valence-corrected chi connectivity index (χ3v) is 2.60. The number of hydrazine groups is 1. The number of nitrogens with zero attached hydrogens (tertiary/aromatic N) is 2. The molecule has 0 radical (unpaired) electrons. The Morgan fingerprint density at radius 1 is 1.56 bits per heavy atom. The molecule has 102 valence electrons. The molecule has 9 N–H and O–H groups in total. The van der Waals surface area contributed by atoms with Gasteiger partial charge in [-0.1, -0.05) is 6.42 Å². The molecule has 1 atom stereocenters. The van der Waals surface area contributed by atoms with Crippen LogP contribution in [-0.2, 0) is 4.79 Å². The van der Waals surface area contributed by atoms with Crippen molar-refractivity contribution in [2.75, 3.05) is 17.8 Å². The van der Waals surface area contributed by atoms with Gasteiger partial charge in [-0.3, -0.25) is 15.6 Å². The van der Waals surface area contributed by atoms with Gasteiger partial charge in [0.1, 0.15) is 0 Å². The quantitative estimate of drug-likeness (QED) is 0.154. The average Bonchev–Trinajstić information content (AvgIpc) is 2.67. The fraction of sp³-hybridized carbons (Fsp3) is 0.625. The smallest absolute Gasteiger partial charge is 0.260 e. The van der Waals surface area contributed by atoms with Crippen LogP contribution >= 0.6 is 12.2 Å². The Bertz CT molecular complexity index is 441. The van der Waals surface area contributed by atoms with E-state index in [4.69, 9.17) is 29.5 Å². The number of carbonyl (C=O) groups is 1. The predicted molar refractivity (Wildman–Crippen MR) is 70.2 cm³/mol. The van der Waals surface area contributed by atoms with Crippen LogP contribution in [0.5, 0.6) is 0 Å². The second kappa shape index (κ2) is 6.93. The van der Waals surface area contributed by atoms with Crippen molar-refractivity contribution in [3.05, 3.63) is 4.77 Å². The Balaban J connectivity index is 2.36. The predicted octanol–water partition coefficient (Wildman–Crippen LogP) is -1.45. The molecular weight excluding hydrogens is 256 g/mol. The molecule has 1 heterocycles.